The second-order valence-electron chi connectivity index (χ2n) is 11.1. The molecular weight excluding hydrogens is 582 g/mol. The number of halogens is 6. The van der Waals surface area contributed by atoms with Crippen molar-refractivity contribution in [3.63, 3.8) is 0 Å². The maximum Gasteiger partial charge on any atom is 0.416 e. The molecule has 1 aliphatic heterocycles. The number of amides is 1. The van der Waals surface area contributed by atoms with Gasteiger partial charge in [-0.15, -0.1) is 0 Å². The molecule has 2 heterocycles. The van der Waals surface area contributed by atoms with Crippen molar-refractivity contribution in [2.24, 2.45) is 0 Å². The van der Waals surface area contributed by atoms with E-state index < -0.39 is 47.3 Å². The summed E-state index contributed by atoms with van der Waals surface area (Å²) in [4.78, 5) is 17.9. The lowest BCUT2D eigenvalue weighted by atomic mass is 9.97. The maximum absolute atomic E-state index is 14.0. The van der Waals surface area contributed by atoms with Crippen LogP contribution in [0.3, 0.4) is 0 Å². The number of aliphatic hydroxyl groups excluding tert-OH is 1. The van der Waals surface area contributed by atoms with E-state index in [0.29, 0.717) is 5.56 Å². The van der Waals surface area contributed by atoms with Crippen LogP contribution in [0.25, 0.3) is 11.4 Å². The molecule has 0 spiro atoms. The van der Waals surface area contributed by atoms with Crippen molar-refractivity contribution in [2.45, 2.75) is 70.1 Å². The number of carbonyl (C=O) groups is 1. The SMILES string of the molecule is C=C(NC(=O)OC(C)(C)C)N1CC[C@H](O)[C@H]1c1nc(-c2ccc(CCc3ccc(C(F)(F)F)cc3)c(C(F)(F)F)c2)no1. The standard InChI is InChI=1S/C29H30F6N4O4/c1-16(36-26(41)42-27(2,3)4)39-14-13-22(40)23(39)25-37-24(38-43-25)19-10-9-18(21(15-19)29(33,34)35)8-5-17-6-11-20(12-7-17)28(30,31)32/h6-7,9-12,15,22-23,40H,1,5,8,13-14H2,2-4H3,(H,36,41)/t22-,23-/m0/s1. The summed E-state index contributed by atoms with van der Waals surface area (Å²) in [5.74, 6) is -0.140. The number of hydrogen-bond acceptors (Lipinski definition) is 7. The molecule has 0 bridgehead atoms. The summed E-state index contributed by atoms with van der Waals surface area (Å²) >= 11 is 0. The summed E-state index contributed by atoms with van der Waals surface area (Å²) in [7, 11) is 0. The van der Waals surface area contributed by atoms with Crippen LogP contribution in [0.2, 0.25) is 0 Å². The Hall–Kier alpha value is -4.07. The average Bonchev–Trinajstić information content (AvgIpc) is 3.52. The third-order valence-electron chi connectivity index (χ3n) is 6.69. The Morgan fingerprint density at radius 1 is 1.07 bits per heavy atom. The molecule has 0 saturated carbocycles. The number of nitrogens with one attached hydrogen (secondary N) is 1. The van der Waals surface area contributed by atoms with E-state index in [-0.39, 0.29) is 54.5 Å². The molecule has 4 rings (SSSR count). The number of benzene rings is 2. The molecule has 3 aromatic rings. The molecular formula is C29H30F6N4O4. The summed E-state index contributed by atoms with van der Waals surface area (Å²) in [5, 5.41) is 16.9. The highest BCUT2D eigenvalue weighted by atomic mass is 19.4. The summed E-state index contributed by atoms with van der Waals surface area (Å²) in [6.45, 7) is 9.16. The quantitative estimate of drug-likeness (QED) is 0.288. The predicted molar refractivity (Wildman–Crippen MR) is 142 cm³/mol. The third kappa shape index (κ3) is 7.86. The normalized spacial score (nSPS) is 17.7. The largest absolute Gasteiger partial charge is 0.444 e. The highest BCUT2D eigenvalue weighted by Gasteiger charge is 2.40. The van der Waals surface area contributed by atoms with E-state index in [0.717, 1.165) is 18.2 Å². The Morgan fingerprint density at radius 2 is 1.74 bits per heavy atom. The number of likely N-dealkylation sites (tertiary alicyclic amines) is 1. The minimum Gasteiger partial charge on any atom is -0.444 e. The van der Waals surface area contributed by atoms with Crippen LogP contribution in [0.1, 0.15) is 61.4 Å². The fraction of sp³-hybridized carbons (Fsp3) is 0.414. The summed E-state index contributed by atoms with van der Waals surface area (Å²) < 4.78 is 91.0. The van der Waals surface area contributed by atoms with E-state index in [2.05, 4.69) is 22.0 Å². The third-order valence-corrected chi connectivity index (χ3v) is 6.69. The number of rotatable bonds is 7. The molecule has 2 N–H and O–H groups in total. The first-order chi connectivity index (χ1) is 19.9. The molecule has 8 nitrogen and oxygen atoms in total. The molecule has 2 atom stereocenters. The van der Waals surface area contributed by atoms with Gasteiger partial charge in [0, 0.05) is 12.1 Å². The Labute approximate surface area is 243 Å². The molecule has 0 aliphatic carbocycles. The van der Waals surface area contributed by atoms with Crippen LogP contribution in [-0.4, -0.2) is 44.5 Å². The Balaban J connectivity index is 1.52. The van der Waals surface area contributed by atoms with Gasteiger partial charge in [-0.1, -0.05) is 36.0 Å². The molecule has 14 heteroatoms. The highest BCUT2D eigenvalue weighted by molar-refractivity contribution is 5.69. The second-order valence-corrected chi connectivity index (χ2v) is 11.1. The number of hydrogen-bond donors (Lipinski definition) is 2. The number of aryl methyl sites for hydroxylation is 2. The van der Waals surface area contributed by atoms with E-state index in [1.807, 2.05) is 0 Å². The van der Waals surface area contributed by atoms with Crippen LogP contribution in [0, 0.1) is 0 Å². The molecule has 43 heavy (non-hydrogen) atoms. The highest BCUT2D eigenvalue weighted by Crippen LogP contribution is 2.37. The Bertz CT molecular complexity index is 1460. The van der Waals surface area contributed by atoms with E-state index in [1.165, 1.54) is 29.2 Å². The molecule has 1 aliphatic rings. The monoisotopic (exact) mass is 612 g/mol. The van der Waals surface area contributed by atoms with Gasteiger partial charge >= 0.3 is 18.4 Å². The fourth-order valence-corrected chi connectivity index (χ4v) is 4.68. The molecule has 1 saturated heterocycles. The number of alkyl carbamates (subject to hydrolysis) is 1. The van der Waals surface area contributed by atoms with Crippen LogP contribution in [0.5, 0.6) is 0 Å². The van der Waals surface area contributed by atoms with Gasteiger partial charge in [0.2, 0.25) is 5.82 Å². The van der Waals surface area contributed by atoms with Crippen molar-refractivity contribution < 1.29 is 45.5 Å². The molecule has 1 fully saturated rings. The van der Waals surface area contributed by atoms with E-state index >= 15 is 0 Å². The second kappa shape index (κ2) is 11.9. The number of ether oxygens (including phenoxy) is 1. The van der Waals surface area contributed by atoms with Crippen LogP contribution >= 0.6 is 0 Å². The van der Waals surface area contributed by atoms with Crippen molar-refractivity contribution in [1.29, 1.82) is 0 Å². The number of nitrogens with zero attached hydrogens (tertiary/aromatic N) is 3. The van der Waals surface area contributed by atoms with Gasteiger partial charge in [0.15, 0.2) is 0 Å². The summed E-state index contributed by atoms with van der Waals surface area (Å²) in [6.07, 6.45) is -10.7. The number of carbonyl (C=O) groups excluding carboxylic acids is 1. The number of alkyl halides is 6. The number of aliphatic hydroxyl groups is 1. The first-order valence-electron chi connectivity index (χ1n) is 13.3. The molecule has 0 unspecified atom stereocenters. The molecule has 1 amide bonds. The van der Waals surface area contributed by atoms with Gasteiger partial charge in [0.1, 0.15) is 17.5 Å². The van der Waals surface area contributed by atoms with Gasteiger partial charge in [0.25, 0.3) is 5.89 Å². The van der Waals surface area contributed by atoms with Crippen molar-refractivity contribution in [3.8, 4) is 11.4 Å². The van der Waals surface area contributed by atoms with Crippen molar-refractivity contribution >= 4 is 6.09 Å². The van der Waals surface area contributed by atoms with Gasteiger partial charge in [-0.25, -0.2) is 4.79 Å². The van der Waals surface area contributed by atoms with Gasteiger partial charge in [-0.05, 0) is 69.4 Å². The zero-order valence-corrected chi connectivity index (χ0v) is 23.5. The first kappa shape index (κ1) is 31.9. The number of aromatic nitrogens is 2. The minimum absolute atomic E-state index is 0.00495. The lowest BCUT2D eigenvalue weighted by Crippen LogP contribution is -2.38. The fourth-order valence-electron chi connectivity index (χ4n) is 4.68. The first-order valence-corrected chi connectivity index (χ1v) is 13.3. The minimum atomic E-state index is -4.73. The lowest BCUT2D eigenvalue weighted by Gasteiger charge is -2.28. The molecule has 2 aromatic carbocycles. The van der Waals surface area contributed by atoms with Crippen LogP contribution in [-0.2, 0) is 29.9 Å². The Morgan fingerprint density at radius 3 is 2.35 bits per heavy atom. The van der Waals surface area contributed by atoms with Crippen LogP contribution < -0.4 is 5.32 Å². The van der Waals surface area contributed by atoms with Gasteiger partial charge in [-0.3, -0.25) is 5.32 Å². The topological polar surface area (TPSA) is 101 Å². The smallest absolute Gasteiger partial charge is 0.416 e. The zero-order valence-electron chi connectivity index (χ0n) is 23.5. The van der Waals surface area contributed by atoms with Crippen molar-refractivity contribution in [2.75, 3.05) is 6.54 Å². The van der Waals surface area contributed by atoms with Crippen molar-refractivity contribution in [1.82, 2.24) is 20.4 Å². The molecule has 0 radical (unpaired) electrons. The molecule has 232 valence electrons. The van der Waals surface area contributed by atoms with Gasteiger partial charge in [-0.2, -0.15) is 31.3 Å². The lowest BCUT2D eigenvalue weighted by molar-refractivity contribution is -0.138. The molecule has 1 aromatic heterocycles. The summed E-state index contributed by atoms with van der Waals surface area (Å²) in [5.41, 5.74) is -2.14. The van der Waals surface area contributed by atoms with E-state index in [4.69, 9.17) is 9.26 Å². The predicted octanol–water partition coefficient (Wildman–Crippen LogP) is 6.66. The maximum atomic E-state index is 14.0. The van der Waals surface area contributed by atoms with Crippen LogP contribution in [0.4, 0.5) is 31.1 Å². The van der Waals surface area contributed by atoms with Gasteiger partial charge < -0.3 is 19.3 Å². The van der Waals surface area contributed by atoms with E-state index in [9.17, 15) is 36.2 Å². The van der Waals surface area contributed by atoms with Crippen molar-refractivity contribution in [3.05, 3.63) is 83.0 Å². The average molecular weight is 613 g/mol. The zero-order chi connectivity index (χ0) is 31.7. The summed E-state index contributed by atoms with van der Waals surface area (Å²) in [6, 6.07) is 6.87. The van der Waals surface area contributed by atoms with Gasteiger partial charge in [0.05, 0.1) is 17.2 Å². The van der Waals surface area contributed by atoms with Crippen LogP contribution in [0.15, 0.2) is 59.4 Å². The Kier molecular flexibility index (Phi) is 8.82. The van der Waals surface area contributed by atoms with E-state index in [1.54, 1.807) is 20.8 Å².